The summed E-state index contributed by atoms with van der Waals surface area (Å²) in [5.74, 6) is -0.421. The molecular weight excluding hydrogens is 228 g/mol. The molecule has 84 valence electrons. The lowest BCUT2D eigenvalue weighted by atomic mass is 10.1. The highest BCUT2D eigenvalue weighted by Gasteiger charge is 2.07. The van der Waals surface area contributed by atoms with Crippen molar-refractivity contribution >= 4 is 22.8 Å². The van der Waals surface area contributed by atoms with E-state index in [1.165, 1.54) is 24.3 Å². The number of hydrogen-bond acceptors (Lipinski definition) is 3. The maximum absolute atomic E-state index is 11.4. The van der Waals surface area contributed by atoms with Crippen LogP contribution in [-0.4, -0.2) is 17.8 Å². The Hall–Kier alpha value is -1.61. The molecule has 0 amide bonds. The number of rotatable bonds is 5. The molecule has 0 aliphatic carbocycles. The molecule has 0 radical (unpaired) electrons. The Labute approximate surface area is 98.7 Å². The Morgan fingerprint density at radius 2 is 1.81 bits per heavy atom. The molecule has 1 rings (SSSR count). The summed E-state index contributed by atoms with van der Waals surface area (Å²) in [7, 11) is 0. The summed E-state index contributed by atoms with van der Waals surface area (Å²) in [6.45, 7) is 3.82. The Balaban J connectivity index is 2.63. The van der Waals surface area contributed by atoms with Crippen molar-refractivity contribution < 1.29 is 14.3 Å². The van der Waals surface area contributed by atoms with Gasteiger partial charge >= 0.3 is 5.97 Å². The maximum atomic E-state index is 11.4. The van der Waals surface area contributed by atoms with Crippen molar-refractivity contribution in [2.75, 3.05) is 6.61 Å². The number of carbonyl (C=O) groups is 2. The summed E-state index contributed by atoms with van der Waals surface area (Å²) in [5, 5.41) is -0.549. The van der Waals surface area contributed by atoms with Crippen LogP contribution in [0, 0.1) is 0 Å². The van der Waals surface area contributed by atoms with E-state index >= 15 is 0 Å². The monoisotopic (exact) mass is 238 g/mol. The second kappa shape index (κ2) is 6.08. The van der Waals surface area contributed by atoms with E-state index in [2.05, 4.69) is 6.58 Å². The van der Waals surface area contributed by atoms with Gasteiger partial charge in [0, 0.05) is 5.56 Å². The Morgan fingerprint density at radius 1 is 1.25 bits per heavy atom. The summed E-state index contributed by atoms with van der Waals surface area (Å²) in [6, 6.07) is 5.98. The highest BCUT2D eigenvalue weighted by atomic mass is 35.5. The first-order valence-corrected chi connectivity index (χ1v) is 5.11. The van der Waals surface area contributed by atoms with Gasteiger partial charge in [-0.25, -0.2) is 4.79 Å². The van der Waals surface area contributed by atoms with Gasteiger partial charge in [-0.05, 0) is 42.3 Å². The van der Waals surface area contributed by atoms with Crippen molar-refractivity contribution in [2.45, 2.75) is 6.42 Å². The van der Waals surface area contributed by atoms with Gasteiger partial charge in [-0.2, -0.15) is 0 Å². The predicted molar refractivity (Wildman–Crippen MR) is 61.7 cm³/mol. The molecule has 0 aliphatic rings. The first-order chi connectivity index (χ1) is 7.65. The summed E-state index contributed by atoms with van der Waals surface area (Å²) in [4.78, 5) is 22.2. The number of benzene rings is 1. The van der Waals surface area contributed by atoms with Crippen LogP contribution in [0.3, 0.4) is 0 Å². The predicted octanol–water partition coefficient (Wildman–Crippen LogP) is 2.80. The number of esters is 1. The fraction of sp³-hybridized carbons (Fsp3) is 0.167. The first kappa shape index (κ1) is 12.5. The van der Waals surface area contributed by atoms with E-state index in [0.717, 1.165) is 0 Å². The topological polar surface area (TPSA) is 43.4 Å². The molecule has 0 aromatic heterocycles. The molecule has 0 atom stereocenters. The van der Waals surface area contributed by atoms with Gasteiger partial charge in [0.05, 0.1) is 12.2 Å². The lowest BCUT2D eigenvalue weighted by molar-refractivity contribution is 0.0511. The fourth-order valence-electron chi connectivity index (χ4n) is 1.06. The third-order valence-electron chi connectivity index (χ3n) is 1.90. The van der Waals surface area contributed by atoms with Crippen molar-refractivity contribution in [3.63, 3.8) is 0 Å². The molecule has 16 heavy (non-hydrogen) atoms. The van der Waals surface area contributed by atoms with Crippen LogP contribution in [0.25, 0.3) is 0 Å². The Kier molecular flexibility index (Phi) is 4.73. The minimum absolute atomic E-state index is 0.304. The summed E-state index contributed by atoms with van der Waals surface area (Å²) >= 11 is 5.27. The van der Waals surface area contributed by atoms with Gasteiger partial charge in [-0.15, -0.1) is 6.58 Å². The van der Waals surface area contributed by atoms with Crippen LogP contribution in [0.2, 0.25) is 0 Å². The quantitative estimate of drug-likeness (QED) is 0.343. The molecule has 0 aliphatic heterocycles. The third kappa shape index (κ3) is 3.51. The van der Waals surface area contributed by atoms with E-state index in [1.807, 2.05) is 0 Å². The van der Waals surface area contributed by atoms with Crippen LogP contribution in [0.5, 0.6) is 0 Å². The average molecular weight is 239 g/mol. The molecule has 0 unspecified atom stereocenters. The molecular formula is C12H11ClO3. The number of ether oxygens (including phenoxy) is 1. The zero-order valence-corrected chi connectivity index (χ0v) is 9.37. The van der Waals surface area contributed by atoms with Gasteiger partial charge in [-0.1, -0.05) is 6.08 Å². The van der Waals surface area contributed by atoms with E-state index in [1.54, 1.807) is 6.08 Å². The lowest BCUT2D eigenvalue weighted by Crippen LogP contribution is -2.06. The summed E-state index contributed by atoms with van der Waals surface area (Å²) in [6.07, 6.45) is 2.28. The van der Waals surface area contributed by atoms with Crippen molar-refractivity contribution in [1.82, 2.24) is 0 Å². The molecule has 0 bridgehead atoms. The van der Waals surface area contributed by atoms with E-state index < -0.39 is 11.2 Å². The molecule has 1 aromatic carbocycles. The lowest BCUT2D eigenvalue weighted by Gasteiger charge is -2.03. The molecule has 0 N–H and O–H groups in total. The summed E-state index contributed by atoms with van der Waals surface area (Å²) in [5.41, 5.74) is 0.745. The van der Waals surface area contributed by atoms with Crippen LogP contribution in [-0.2, 0) is 4.74 Å². The van der Waals surface area contributed by atoms with E-state index in [4.69, 9.17) is 16.3 Å². The van der Waals surface area contributed by atoms with Gasteiger partial charge in [0.25, 0.3) is 5.24 Å². The highest BCUT2D eigenvalue weighted by Crippen LogP contribution is 2.08. The standard InChI is InChI=1S/C12H11ClO3/c1-2-3-8-16-12(15)10-6-4-9(5-7-10)11(13)14/h2,4-7H,1,3,8H2. The highest BCUT2D eigenvalue weighted by molar-refractivity contribution is 6.67. The van der Waals surface area contributed by atoms with E-state index in [9.17, 15) is 9.59 Å². The SMILES string of the molecule is C=CCCOC(=O)c1ccc(C(=O)Cl)cc1. The van der Waals surface area contributed by atoms with Gasteiger partial charge < -0.3 is 4.74 Å². The van der Waals surface area contributed by atoms with Crippen LogP contribution in [0.15, 0.2) is 36.9 Å². The maximum Gasteiger partial charge on any atom is 0.338 e. The third-order valence-corrected chi connectivity index (χ3v) is 2.12. The van der Waals surface area contributed by atoms with Crippen molar-refractivity contribution in [3.05, 3.63) is 48.0 Å². The van der Waals surface area contributed by atoms with Crippen LogP contribution < -0.4 is 0 Å². The molecule has 3 nitrogen and oxygen atoms in total. The molecule has 0 fully saturated rings. The van der Waals surface area contributed by atoms with Gasteiger partial charge in [-0.3, -0.25) is 4.79 Å². The average Bonchev–Trinajstić information content (AvgIpc) is 2.29. The second-order valence-electron chi connectivity index (χ2n) is 3.06. The Morgan fingerprint density at radius 3 is 2.31 bits per heavy atom. The molecule has 0 saturated heterocycles. The van der Waals surface area contributed by atoms with Gasteiger partial charge in [0.1, 0.15) is 0 Å². The van der Waals surface area contributed by atoms with Crippen molar-refractivity contribution in [1.29, 1.82) is 0 Å². The molecule has 0 saturated carbocycles. The second-order valence-corrected chi connectivity index (χ2v) is 3.41. The number of halogens is 1. The first-order valence-electron chi connectivity index (χ1n) is 4.73. The van der Waals surface area contributed by atoms with Gasteiger partial charge in [0.15, 0.2) is 0 Å². The van der Waals surface area contributed by atoms with Crippen molar-refractivity contribution in [2.24, 2.45) is 0 Å². The fourth-order valence-corrected chi connectivity index (χ4v) is 1.18. The van der Waals surface area contributed by atoms with Gasteiger partial charge in [0.2, 0.25) is 0 Å². The van der Waals surface area contributed by atoms with Crippen LogP contribution >= 0.6 is 11.6 Å². The largest absolute Gasteiger partial charge is 0.462 e. The van der Waals surface area contributed by atoms with E-state index in [0.29, 0.717) is 24.2 Å². The van der Waals surface area contributed by atoms with Crippen LogP contribution in [0.1, 0.15) is 27.1 Å². The van der Waals surface area contributed by atoms with Crippen molar-refractivity contribution in [3.8, 4) is 0 Å². The zero-order valence-electron chi connectivity index (χ0n) is 8.61. The number of hydrogen-bond donors (Lipinski definition) is 0. The molecule has 4 heteroatoms. The molecule has 1 aromatic rings. The minimum atomic E-state index is -0.549. The Bertz CT molecular complexity index is 395. The minimum Gasteiger partial charge on any atom is -0.462 e. The smallest absolute Gasteiger partial charge is 0.338 e. The molecule has 0 spiro atoms. The van der Waals surface area contributed by atoms with E-state index in [-0.39, 0.29) is 0 Å². The number of carbonyl (C=O) groups excluding carboxylic acids is 2. The normalized spacial score (nSPS) is 9.56. The van der Waals surface area contributed by atoms with Crippen LogP contribution in [0.4, 0.5) is 0 Å². The molecule has 0 heterocycles. The summed E-state index contributed by atoms with van der Waals surface area (Å²) < 4.78 is 4.94. The zero-order chi connectivity index (χ0) is 12.0.